The molecule has 2 saturated heterocycles. The molecule has 0 aliphatic carbocycles. The molecule has 0 aromatic heterocycles. The van der Waals surface area contributed by atoms with Crippen molar-refractivity contribution < 1.29 is 8.42 Å². The van der Waals surface area contributed by atoms with Crippen molar-refractivity contribution in [3.05, 3.63) is 0 Å². The fourth-order valence-electron chi connectivity index (χ4n) is 3.29. The van der Waals surface area contributed by atoms with Crippen LogP contribution in [0.1, 0.15) is 39.0 Å². The number of hydrogen-bond acceptors (Lipinski definition) is 4. The third-order valence-corrected chi connectivity index (χ3v) is 6.02. The van der Waals surface area contributed by atoms with Gasteiger partial charge in [0.2, 0.25) is 0 Å². The van der Waals surface area contributed by atoms with E-state index in [-0.39, 0.29) is 0 Å². The van der Waals surface area contributed by atoms with Crippen LogP contribution < -0.4 is 5.32 Å². The van der Waals surface area contributed by atoms with Crippen LogP contribution in [0.15, 0.2) is 0 Å². The van der Waals surface area contributed by atoms with Crippen LogP contribution in [0.2, 0.25) is 0 Å². The molecule has 5 heteroatoms. The molecule has 0 aromatic carbocycles. The minimum absolute atomic E-state index is 0.337. The van der Waals surface area contributed by atoms with Gasteiger partial charge in [-0.05, 0) is 45.2 Å². The molecule has 2 atom stereocenters. The molecule has 0 amide bonds. The monoisotopic (exact) mass is 274 g/mol. The molecule has 2 heterocycles. The van der Waals surface area contributed by atoms with Crippen molar-refractivity contribution in [2.45, 2.75) is 51.1 Å². The minimum atomic E-state index is -2.83. The van der Waals surface area contributed by atoms with Crippen molar-refractivity contribution in [3.63, 3.8) is 0 Å². The van der Waals surface area contributed by atoms with Gasteiger partial charge >= 0.3 is 0 Å². The van der Waals surface area contributed by atoms with Crippen LogP contribution in [0.5, 0.6) is 0 Å². The van der Waals surface area contributed by atoms with Crippen LogP contribution in [0.4, 0.5) is 0 Å². The summed E-state index contributed by atoms with van der Waals surface area (Å²) in [6.45, 7) is 4.86. The Morgan fingerprint density at radius 2 is 2.06 bits per heavy atom. The predicted octanol–water partition coefficient (Wildman–Crippen LogP) is 1.03. The van der Waals surface area contributed by atoms with Crippen molar-refractivity contribution in [1.29, 1.82) is 0 Å². The standard InChI is InChI=1S/C13H26N2O2S/c1-2-10-18(16,17)11-9-15-8-4-6-13(15)12-5-3-7-14-12/h12-14H,2-11H2,1H3. The molecule has 0 radical (unpaired) electrons. The lowest BCUT2D eigenvalue weighted by Crippen LogP contribution is -2.45. The molecule has 0 saturated carbocycles. The number of hydrogen-bond donors (Lipinski definition) is 1. The molecule has 2 fully saturated rings. The first kappa shape index (κ1) is 14.3. The van der Waals surface area contributed by atoms with Gasteiger partial charge in [0.25, 0.3) is 0 Å². The number of sulfone groups is 1. The molecule has 1 N–H and O–H groups in total. The van der Waals surface area contributed by atoms with E-state index in [1.54, 1.807) is 0 Å². The van der Waals surface area contributed by atoms with Gasteiger partial charge in [0.05, 0.1) is 5.75 Å². The average molecular weight is 274 g/mol. The Kier molecular flexibility index (Phi) is 5.04. The Labute approximate surface area is 111 Å². The minimum Gasteiger partial charge on any atom is -0.312 e. The average Bonchev–Trinajstić information content (AvgIpc) is 2.97. The Balaban J connectivity index is 1.84. The molecule has 4 nitrogen and oxygen atoms in total. The quantitative estimate of drug-likeness (QED) is 0.786. The van der Waals surface area contributed by atoms with E-state index in [9.17, 15) is 8.42 Å². The van der Waals surface area contributed by atoms with Gasteiger partial charge in [0.1, 0.15) is 0 Å². The predicted molar refractivity (Wildman–Crippen MR) is 74.6 cm³/mol. The van der Waals surface area contributed by atoms with Crippen LogP contribution in [0.25, 0.3) is 0 Å². The second-order valence-electron chi connectivity index (χ2n) is 5.60. The summed E-state index contributed by atoms with van der Waals surface area (Å²) in [4.78, 5) is 2.40. The Morgan fingerprint density at radius 1 is 1.22 bits per heavy atom. The Morgan fingerprint density at radius 3 is 2.72 bits per heavy atom. The van der Waals surface area contributed by atoms with E-state index >= 15 is 0 Å². The van der Waals surface area contributed by atoms with E-state index in [0.717, 1.165) is 26.1 Å². The van der Waals surface area contributed by atoms with Crippen molar-refractivity contribution in [2.75, 3.05) is 31.1 Å². The van der Waals surface area contributed by atoms with Crippen LogP contribution >= 0.6 is 0 Å². The summed E-state index contributed by atoms with van der Waals surface area (Å²) in [5, 5.41) is 3.56. The molecular formula is C13H26N2O2S. The smallest absolute Gasteiger partial charge is 0.151 e. The van der Waals surface area contributed by atoms with Gasteiger partial charge in [-0.3, -0.25) is 4.90 Å². The summed E-state index contributed by atoms with van der Waals surface area (Å²) in [5.74, 6) is 0.678. The maximum Gasteiger partial charge on any atom is 0.151 e. The highest BCUT2D eigenvalue weighted by molar-refractivity contribution is 7.91. The fraction of sp³-hybridized carbons (Fsp3) is 1.00. The van der Waals surface area contributed by atoms with Crippen LogP contribution in [-0.2, 0) is 9.84 Å². The molecule has 0 aromatic rings. The molecule has 18 heavy (non-hydrogen) atoms. The summed E-state index contributed by atoms with van der Waals surface area (Å²) in [6.07, 6.45) is 5.70. The number of nitrogens with one attached hydrogen (secondary N) is 1. The summed E-state index contributed by atoms with van der Waals surface area (Å²) >= 11 is 0. The first-order valence-electron chi connectivity index (χ1n) is 7.30. The third-order valence-electron chi connectivity index (χ3n) is 4.18. The molecule has 106 valence electrons. The molecule has 2 aliphatic heterocycles. The van der Waals surface area contributed by atoms with Gasteiger partial charge in [0, 0.05) is 24.4 Å². The molecule has 2 aliphatic rings. The van der Waals surface area contributed by atoms with Crippen LogP contribution in [-0.4, -0.2) is 56.5 Å². The lowest BCUT2D eigenvalue weighted by Gasteiger charge is -2.29. The molecular weight excluding hydrogens is 248 g/mol. The van der Waals surface area contributed by atoms with Crippen LogP contribution in [0.3, 0.4) is 0 Å². The van der Waals surface area contributed by atoms with E-state index < -0.39 is 9.84 Å². The second-order valence-corrected chi connectivity index (χ2v) is 7.90. The van der Waals surface area contributed by atoms with Crippen molar-refractivity contribution in [3.8, 4) is 0 Å². The van der Waals surface area contributed by atoms with Gasteiger partial charge < -0.3 is 5.32 Å². The summed E-state index contributed by atoms with van der Waals surface area (Å²) < 4.78 is 23.5. The molecule has 2 unspecified atom stereocenters. The normalized spacial score (nSPS) is 30.1. The van der Waals surface area contributed by atoms with Gasteiger partial charge in [-0.1, -0.05) is 6.92 Å². The largest absolute Gasteiger partial charge is 0.312 e. The number of rotatable bonds is 6. The zero-order chi connectivity index (χ0) is 13.0. The maximum atomic E-state index is 11.8. The third kappa shape index (κ3) is 3.68. The molecule has 2 rings (SSSR count). The second kappa shape index (κ2) is 6.35. The Hall–Kier alpha value is -0.130. The van der Waals surface area contributed by atoms with Crippen molar-refractivity contribution in [2.24, 2.45) is 0 Å². The van der Waals surface area contributed by atoms with Gasteiger partial charge in [-0.2, -0.15) is 0 Å². The first-order chi connectivity index (χ1) is 8.62. The number of nitrogens with zero attached hydrogens (tertiary/aromatic N) is 1. The zero-order valence-electron chi connectivity index (χ0n) is 11.4. The van der Waals surface area contributed by atoms with Gasteiger partial charge in [0.15, 0.2) is 9.84 Å². The molecule has 0 bridgehead atoms. The summed E-state index contributed by atoms with van der Waals surface area (Å²) in [7, 11) is -2.83. The van der Waals surface area contributed by atoms with E-state index in [2.05, 4.69) is 10.2 Å². The van der Waals surface area contributed by atoms with Crippen molar-refractivity contribution >= 4 is 9.84 Å². The highest BCUT2D eigenvalue weighted by atomic mass is 32.2. The van der Waals surface area contributed by atoms with Crippen LogP contribution in [0, 0.1) is 0 Å². The lowest BCUT2D eigenvalue weighted by atomic mass is 10.0. The van der Waals surface area contributed by atoms with Gasteiger partial charge in [-0.15, -0.1) is 0 Å². The topological polar surface area (TPSA) is 49.4 Å². The maximum absolute atomic E-state index is 11.8. The summed E-state index contributed by atoms with van der Waals surface area (Å²) in [5.41, 5.74) is 0. The zero-order valence-corrected chi connectivity index (χ0v) is 12.2. The highest BCUT2D eigenvalue weighted by Gasteiger charge is 2.33. The van der Waals surface area contributed by atoms with E-state index in [1.165, 1.54) is 25.7 Å². The van der Waals surface area contributed by atoms with Gasteiger partial charge in [-0.25, -0.2) is 8.42 Å². The van der Waals surface area contributed by atoms with Crippen molar-refractivity contribution in [1.82, 2.24) is 10.2 Å². The van der Waals surface area contributed by atoms with E-state index in [4.69, 9.17) is 0 Å². The molecule has 0 spiro atoms. The first-order valence-corrected chi connectivity index (χ1v) is 9.12. The van der Waals surface area contributed by atoms with E-state index in [0.29, 0.717) is 23.6 Å². The SMILES string of the molecule is CCCS(=O)(=O)CCN1CCCC1C1CCCN1. The highest BCUT2D eigenvalue weighted by Crippen LogP contribution is 2.24. The fourth-order valence-corrected chi connectivity index (χ4v) is 4.63. The summed E-state index contributed by atoms with van der Waals surface area (Å²) in [6, 6.07) is 1.17. The number of likely N-dealkylation sites (tertiary alicyclic amines) is 1. The lowest BCUT2D eigenvalue weighted by molar-refractivity contribution is 0.225. The van der Waals surface area contributed by atoms with E-state index in [1.807, 2.05) is 6.92 Å². The Bertz CT molecular complexity index is 350.